The van der Waals surface area contributed by atoms with Crippen LogP contribution in [0, 0.1) is 6.92 Å². The molecule has 0 bridgehead atoms. The van der Waals surface area contributed by atoms with Gasteiger partial charge < -0.3 is 4.90 Å². The van der Waals surface area contributed by atoms with E-state index in [1.807, 2.05) is 27.8 Å². The van der Waals surface area contributed by atoms with Gasteiger partial charge in [0.1, 0.15) is 10.7 Å². The van der Waals surface area contributed by atoms with Gasteiger partial charge >= 0.3 is 0 Å². The minimum atomic E-state index is 0.0490. The number of nitrogens with zero attached hydrogens (tertiary/aromatic N) is 5. The van der Waals surface area contributed by atoms with Crippen LogP contribution in [0.1, 0.15) is 33.9 Å². The van der Waals surface area contributed by atoms with Gasteiger partial charge in [0.05, 0.1) is 16.3 Å². The van der Waals surface area contributed by atoms with Gasteiger partial charge in [-0.1, -0.05) is 30.0 Å². The Morgan fingerprint density at radius 2 is 2.00 bits per heavy atom. The Bertz CT molecular complexity index is 1190. The van der Waals surface area contributed by atoms with Gasteiger partial charge in [-0.15, -0.1) is 32.9 Å². The van der Waals surface area contributed by atoms with Crippen molar-refractivity contribution in [3.63, 3.8) is 0 Å². The molecule has 3 aromatic heterocycles. The molecular formula is C22H21N5OS3. The smallest absolute Gasteiger partial charge is 0.273 e. The third-order valence-electron chi connectivity index (χ3n) is 5.12. The van der Waals surface area contributed by atoms with Crippen LogP contribution in [0.15, 0.2) is 52.3 Å². The molecule has 0 unspecified atom stereocenters. The van der Waals surface area contributed by atoms with Crippen molar-refractivity contribution in [2.75, 3.05) is 13.1 Å². The molecule has 9 heteroatoms. The molecule has 31 heavy (non-hydrogen) atoms. The number of aromatic nitrogens is 4. The molecule has 158 valence electrons. The molecule has 0 saturated carbocycles. The topological polar surface area (TPSA) is 63.9 Å². The fraction of sp³-hybridized carbons (Fsp3) is 0.273. The van der Waals surface area contributed by atoms with Gasteiger partial charge in [0.2, 0.25) is 0 Å². The zero-order valence-electron chi connectivity index (χ0n) is 17.0. The summed E-state index contributed by atoms with van der Waals surface area (Å²) >= 11 is 4.77. The average Bonchev–Trinajstić information content (AvgIpc) is 3.58. The van der Waals surface area contributed by atoms with Crippen molar-refractivity contribution < 1.29 is 4.79 Å². The molecule has 1 aliphatic rings. The van der Waals surface area contributed by atoms with Gasteiger partial charge in [0, 0.05) is 18.5 Å². The largest absolute Gasteiger partial charge is 0.337 e. The first kappa shape index (κ1) is 20.4. The van der Waals surface area contributed by atoms with Crippen LogP contribution >= 0.6 is 34.4 Å². The highest BCUT2D eigenvalue weighted by atomic mass is 32.2. The fourth-order valence-corrected chi connectivity index (χ4v) is 6.05. The fourth-order valence-electron chi connectivity index (χ4n) is 3.61. The monoisotopic (exact) mass is 467 g/mol. The van der Waals surface area contributed by atoms with Gasteiger partial charge in [-0.25, -0.2) is 4.98 Å². The van der Waals surface area contributed by atoms with E-state index in [0.717, 1.165) is 52.5 Å². The van der Waals surface area contributed by atoms with Gasteiger partial charge in [0.25, 0.3) is 5.91 Å². The van der Waals surface area contributed by atoms with Crippen LogP contribution in [0.3, 0.4) is 0 Å². The third kappa shape index (κ3) is 4.30. The summed E-state index contributed by atoms with van der Waals surface area (Å²) in [5, 5.41) is 14.6. The Balaban J connectivity index is 1.39. The molecule has 1 aliphatic heterocycles. The number of benzene rings is 1. The number of rotatable bonds is 6. The SMILES string of the molecule is Cc1cccc(-n2c(SCc3nc(C(=O)N4CCCC4)cs3)nnc2-c2cccs2)c1. The van der Waals surface area contributed by atoms with Crippen molar-refractivity contribution in [3.05, 3.63) is 63.4 Å². The maximum atomic E-state index is 12.6. The molecule has 1 amide bonds. The number of aryl methyl sites for hydroxylation is 1. The number of likely N-dealkylation sites (tertiary alicyclic amines) is 1. The van der Waals surface area contributed by atoms with E-state index < -0.39 is 0 Å². The molecule has 0 atom stereocenters. The number of thioether (sulfide) groups is 1. The van der Waals surface area contributed by atoms with Crippen molar-refractivity contribution in [3.8, 4) is 16.4 Å². The highest BCUT2D eigenvalue weighted by Crippen LogP contribution is 2.32. The van der Waals surface area contributed by atoms with Gasteiger partial charge in [-0.05, 0) is 48.9 Å². The first-order valence-electron chi connectivity index (χ1n) is 10.1. The van der Waals surface area contributed by atoms with E-state index in [0.29, 0.717) is 11.4 Å². The van der Waals surface area contributed by atoms with E-state index in [1.165, 1.54) is 16.9 Å². The predicted molar refractivity (Wildman–Crippen MR) is 126 cm³/mol. The van der Waals surface area contributed by atoms with Gasteiger partial charge in [0.15, 0.2) is 11.0 Å². The van der Waals surface area contributed by atoms with E-state index in [9.17, 15) is 4.79 Å². The van der Waals surface area contributed by atoms with E-state index in [1.54, 1.807) is 23.1 Å². The first-order chi connectivity index (χ1) is 15.2. The Morgan fingerprint density at radius 1 is 1.13 bits per heavy atom. The quantitative estimate of drug-likeness (QED) is 0.361. The second-order valence-corrected chi connectivity index (χ2v) is 10.2. The van der Waals surface area contributed by atoms with Crippen LogP contribution in [0.2, 0.25) is 0 Å². The number of carbonyl (C=O) groups is 1. The zero-order valence-corrected chi connectivity index (χ0v) is 19.5. The average molecular weight is 468 g/mol. The molecule has 6 nitrogen and oxygen atoms in total. The van der Waals surface area contributed by atoms with E-state index >= 15 is 0 Å². The van der Waals surface area contributed by atoms with Crippen molar-refractivity contribution in [1.29, 1.82) is 0 Å². The van der Waals surface area contributed by atoms with E-state index in [2.05, 4.69) is 50.9 Å². The molecule has 1 saturated heterocycles. The molecule has 5 rings (SSSR count). The molecule has 4 aromatic rings. The summed E-state index contributed by atoms with van der Waals surface area (Å²) in [6, 6.07) is 12.4. The number of hydrogen-bond acceptors (Lipinski definition) is 7. The van der Waals surface area contributed by atoms with Gasteiger partial charge in [-0.3, -0.25) is 9.36 Å². The Morgan fingerprint density at radius 3 is 2.77 bits per heavy atom. The lowest BCUT2D eigenvalue weighted by molar-refractivity contribution is 0.0787. The molecule has 1 aromatic carbocycles. The van der Waals surface area contributed by atoms with Crippen LogP contribution in [0.4, 0.5) is 0 Å². The van der Waals surface area contributed by atoms with Crippen molar-refractivity contribution >= 4 is 40.3 Å². The van der Waals surface area contributed by atoms with Crippen molar-refractivity contribution in [2.24, 2.45) is 0 Å². The van der Waals surface area contributed by atoms with Gasteiger partial charge in [-0.2, -0.15) is 0 Å². The zero-order chi connectivity index (χ0) is 21.2. The Labute approximate surface area is 193 Å². The minimum Gasteiger partial charge on any atom is -0.337 e. The normalized spacial score (nSPS) is 13.8. The van der Waals surface area contributed by atoms with E-state index in [-0.39, 0.29) is 5.91 Å². The summed E-state index contributed by atoms with van der Waals surface area (Å²) < 4.78 is 2.10. The summed E-state index contributed by atoms with van der Waals surface area (Å²) in [6.45, 7) is 3.76. The lowest BCUT2D eigenvalue weighted by Crippen LogP contribution is -2.27. The van der Waals surface area contributed by atoms with Crippen LogP contribution in [0.5, 0.6) is 0 Å². The lowest BCUT2D eigenvalue weighted by Gasteiger charge is -2.12. The predicted octanol–water partition coefficient (Wildman–Crippen LogP) is 5.29. The van der Waals surface area contributed by atoms with Crippen LogP contribution in [-0.2, 0) is 5.75 Å². The minimum absolute atomic E-state index is 0.0490. The summed E-state index contributed by atoms with van der Waals surface area (Å²) in [5.74, 6) is 1.53. The second kappa shape index (κ2) is 8.94. The molecule has 4 heterocycles. The third-order valence-corrected chi connectivity index (χ3v) is 7.96. The summed E-state index contributed by atoms with van der Waals surface area (Å²) in [4.78, 5) is 20.1. The maximum absolute atomic E-state index is 12.6. The highest BCUT2D eigenvalue weighted by Gasteiger charge is 2.22. The molecule has 0 N–H and O–H groups in total. The van der Waals surface area contributed by atoms with E-state index in [4.69, 9.17) is 0 Å². The molecule has 1 fully saturated rings. The first-order valence-corrected chi connectivity index (χ1v) is 12.9. The lowest BCUT2D eigenvalue weighted by atomic mass is 10.2. The molecule has 0 radical (unpaired) electrons. The van der Waals surface area contributed by atoms with Crippen LogP contribution in [0.25, 0.3) is 16.4 Å². The highest BCUT2D eigenvalue weighted by molar-refractivity contribution is 7.98. The molecular weight excluding hydrogens is 446 g/mol. The summed E-state index contributed by atoms with van der Waals surface area (Å²) in [5.41, 5.74) is 2.78. The second-order valence-electron chi connectivity index (χ2n) is 7.37. The Hall–Kier alpha value is -2.49. The Kier molecular flexibility index (Phi) is 5.89. The number of hydrogen-bond donors (Lipinski definition) is 0. The van der Waals surface area contributed by atoms with Crippen molar-refractivity contribution in [2.45, 2.75) is 30.7 Å². The maximum Gasteiger partial charge on any atom is 0.273 e. The molecule has 0 spiro atoms. The summed E-state index contributed by atoms with van der Waals surface area (Å²) in [6.07, 6.45) is 2.17. The number of amides is 1. The standard InChI is InChI=1S/C22H21N5OS3/c1-15-6-4-7-16(12-15)27-20(18-8-5-11-29-18)24-25-22(27)31-14-19-23-17(13-30-19)21(28)26-9-2-3-10-26/h4-8,11-13H,2-3,9-10,14H2,1H3. The number of carbonyl (C=O) groups excluding carboxylic acids is 1. The summed E-state index contributed by atoms with van der Waals surface area (Å²) in [7, 11) is 0. The van der Waals surface area contributed by atoms with Crippen LogP contribution < -0.4 is 0 Å². The van der Waals surface area contributed by atoms with Crippen LogP contribution in [-0.4, -0.2) is 43.6 Å². The molecule has 0 aliphatic carbocycles. The number of thiazole rings is 1. The number of thiophene rings is 1. The van der Waals surface area contributed by atoms with Crippen molar-refractivity contribution in [1.82, 2.24) is 24.6 Å².